The van der Waals surface area contributed by atoms with Crippen LogP contribution in [0, 0.1) is 0 Å². The molecular weight excluding hydrogens is 436 g/mol. The topological polar surface area (TPSA) is 44.8 Å². The Morgan fingerprint density at radius 2 is 1.91 bits per heavy atom. The zero-order chi connectivity index (χ0) is 25.0. The average molecular weight is 473 g/mol. The first-order valence-corrected chi connectivity index (χ1v) is 12.5. The number of ether oxygens (including phenoxy) is 3. The van der Waals surface area contributed by atoms with E-state index in [1.807, 2.05) is 42.5 Å². The van der Waals surface area contributed by atoms with Crippen LogP contribution < -0.4 is 14.2 Å². The lowest BCUT2D eigenvalue weighted by Crippen LogP contribution is -2.32. The molecule has 1 unspecified atom stereocenters. The highest BCUT2D eigenvalue weighted by Gasteiger charge is 2.37. The van der Waals surface area contributed by atoms with Crippen molar-refractivity contribution in [2.45, 2.75) is 71.5 Å². The second-order valence-electron chi connectivity index (χ2n) is 10.00. The Labute approximate surface area is 209 Å². The number of benzene rings is 2. The molecule has 35 heavy (non-hydrogen) atoms. The predicted molar refractivity (Wildman–Crippen MR) is 141 cm³/mol. The van der Waals surface area contributed by atoms with Crippen LogP contribution in [0.25, 0.3) is 6.08 Å². The molecule has 4 heteroatoms. The minimum Gasteiger partial charge on any atom is -0.496 e. The third-order valence-corrected chi connectivity index (χ3v) is 6.72. The first-order chi connectivity index (χ1) is 16.8. The number of fused-ring (bicyclic) bond motifs is 3. The van der Waals surface area contributed by atoms with Crippen molar-refractivity contribution in [3.05, 3.63) is 82.5 Å². The Kier molecular flexibility index (Phi) is 7.49. The number of allylic oxidation sites excluding steroid dienone is 4. The third-order valence-electron chi connectivity index (χ3n) is 6.72. The van der Waals surface area contributed by atoms with Crippen LogP contribution in [0.5, 0.6) is 17.2 Å². The van der Waals surface area contributed by atoms with Crippen LogP contribution in [-0.4, -0.2) is 18.5 Å². The van der Waals surface area contributed by atoms with Gasteiger partial charge in [-0.25, -0.2) is 0 Å². The Morgan fingerprint density at radius 1 is 1.14 bits per heavy atom. The van der Waals surface area contributed by atoms with Crippen molar-refractivity contribution in [2.24, 2.45) is 0 Å². The highest BCUT2D eigenvalue weighted by atomic mass is 16.5. The Morgan fingerprint density at radius 3 is 2.63 bits per heavy atom. The maximum Gasteiger partial charge on any atom is 0.174 e. The number of carbonyl (C=O) groups is 1. The molecule has 2 atom stereocenters. The van der Waals surface area contributed by atoms with E-state index < -0.39 is 5.60 Å². The zero-order valence-corrected chi connectivity index (χ0v) is 21.5. The highest BCUT2D eigenvalue weighted by Crippen LogP contribution is 2.49. The minimum atomic E-state index is -0.444. The molecule has 0 spiro atoms. The summed E-state index contributed by atoms with van der Waals surface area (Å²) in [5.41, 5.74) is 4.62. The van der Waals surface area contributed by atoms with Crippen LogP contribution in [0.4, 0.5) is 0 Å². The van der Waals surface area contributed by atoms with E-state index in [9.17, 15) is 4.79 Å². The minimum absolute atomic E-state index is 0.0233. The largest absolute Gasteiger partial charge is 0.496 e. The van der Waals surface area contributed by atoms with Gasteiger partial charge in [-0.1, -0.05) is 53.6 Å². The Balaban J connectivity index is 1.55. The lowest BCUT2D eigenvalue weighted by molar-refractivity contribution is 0.0838. The van der Waals surface area contributed by atoms with Crippen molar-refractivity contribution in [1.82, 2.24) is 0 Å². The maximum absolute atomic E-state index is 13.1. The van der Waals surface area contributed by atoms with E-state index in [-0.39, 0.29) is 18.3 Å². The molecule has 4 nitrogen and oxygen atoms in total. The van der Waals surface area contributed by atoms with Crippen molar-refractivity contribution < 1.29 is 19.0 Å². The normalized spacial score (nSPS) is 20.9. The van der Waals surface area contributed by atoms with Crippen molar-refractivity contribution >= 4 is 11.9 Å². The molecule has 2 heterocycles. The molecular formula is C31H36O4. The summed E-state index contributed by atoms with van der Waals surface area (Å²) >= 11 is 0. The van der Waals surface area contributed by atoms with Crippen LogP contribution in [0.15, 0.2) is 65.8 Å². The number of Topliss-reactive ketones (excluding diaryl/α,β-unsaturated/α-hetero) is 1. The van der Waals surface area contributed by atoms with Crippen molar-refractivity contribution in [3.63, 3.8) is 0 Å². The lowest BCUT2D eigenvalue weighted by atomic mass is 9.90. The molecule has 0 saturated heterocycles. The average Bonchev–Trinajstić information content (AvgIpc) is 2.83. The smallest absolute Gasteiger partial charge is 0.174 e. The summed E-state index contributed by atoms with van der Waals surface area (Å²) < 4.78 is 18.5. The first kappa shape index (κ1) is 24.8. The fraction of sp³-hybridized carbons (Fsp3) is 0.387. The monoisotopic (exact) mass is 472 g/mol. The molecule has 0 fully saturated rings. The number of ketones is 1. The predicted octanol–water partition coefficient (Wildman–Crippen LogP) is 8.04. The number of methoxy groups -OCH3 is 1. The molecule has 0 aromatic heterocycles. The van der Waals surface area contributed by atoms with Gasteiger partial charge in [0.2, 0.25) is 0 Å². The molecule has 0 aliphatic carbocycles. The zero-order valence-electron chi connectivity index (χ0n) is 21.5. The molecule has 0 amide bonds. The summed E-state index contributed by atoms with van der Waals surface area (Å²) in [6.45, 7) is 8.57. The van der Waals surface area contributed by atoms with E-state index in [1.165, 1.54) is 11.1 Å². The molecule has 0 saturated carbocycles. The fourth-order valence-corrected chi connectivity index (χ4v) is 4.70. The lowest BCUT2D eigenvalue weighted by Gasteiger charge is -2.35. The van der Waals surface area contributed by atoms with Crippen LogP contribution in [0.3, 0.4) is 0 Å². The molecule has 2 aliphatic heterocycles. The quantitative estimate of drug-likeness (QED) is 0.365. The summed E-state index contributed by atoms with van der Waals surface area (Å²) in [6, 6.07) is 11.7. The van der Waals surface area contributed by atoms with Gasteiger partial charge in [0.1, 0.15) is 34.5 Å². The van der Waals surface area contributed by atoms with Gasteiger partial charge in [0, 0.05) is 6.07 Å². The van der Waals surface area contributed by atoms with E-state index in [4.69, 9.17) is 14.2 Å². The first-order valence-electron chi connectivity index (χ1n) is 12.5. The van der Waals surface area contributed by atoms with E-state index >= 15 is 0 Å². The molecule has 4 rings (SSSR count). The van der Waals surface area contributed by atoms with Crippen LogP contribution >= 0.6 is 0 Å². The summed E-state index contributed by atoms with van der Waals surface area (Å²) in [5, 5.41) is 0. The Bertz CT molecular complexity index is 1170. The van der Waals surface area contributed by atoms with Crippen LogP contribution in [0.1, 0.15) is 87.4 Å². The second-order valence-corrected chi connectivity index (χ2v) is 10.00. The molecule has 0 radical (unpaired) electrons. The summed E-state index contributed by atoms with van der Waals surface area (Å²) in [5.74, 6) is 1.77. The highest BCUT2D eigenvalue weighted by molar-refractivity contribution is 6.04. The van der Waals surface area contributed by atoms with Crippen molar-refractivity contribution in [1.29, 1.82) is 0 Å². The van der Waals surface area contributed by atoms with Gasteiger partial charge >= 0.3 is 0 Å². The molecule has 184 valence electrons. The van der Waals surface area contributed by atoms with Gasteiger partial charge in [-0.2, -0.15) is 0 Å². The number of carbonyl (C=O) groups excluding carboxylic acids is 1. The van der Waals surface area contributed by atoms with Gasteiger partial charge < -0.3 is 14.2 Å². The van der Waals surface area contributed by atoms with Gasteiger partial charge in [-0.15, -0.1) is 0 Å². The van der Waals surface area contributed by atoms with E-state index in [2.05, 4.69) is 45.9 Å². The van der Waals surface area contributed by atoms with Crippen molar-refractivity contribution in [3.8, 4) is 17.2 Å². The van der Waals surface area contributed by atoms with Gasteiger partial charge in [-0.05, 0) is 71.1 Å². The fourth-order valence-electron chi connectivity index (χ4n) is 4.70. The van der Waals surface area contributed by atoms with Crippen molar-refractivity contribution in [2.75, 3.05) is 7.11 Å². The SMILES string of the molecule is COc1cc2c(c3c1C(=O)C[C@H](c1ccccc1)O3)C=CC(C)(CC/C=C(\C)CCC=C(C)C)O2. The molecule has 0 N–H and O–H groups in total. The Hall–Kier alpha value is -3.27. The van der Waals surface area contributed by atoms with E-state index in [0.717, 1.165) is 36.8 Å². The van der Waals surface area contributed by atoms with E-state index in [1.54, 1.807) is 7.11 Å². The summed E-state index contributed by atoms with van der Waals surface area (Å²) in [4.78, 5) is 13.1. The van der Waals surface area contributed by atoms with Gasteiger partial charge in [0.15, 0.2) is 5.78 Å². The maximum atomic E-state index is 13.1. The summed E-state index contributed by atoms with van der Waals surface area (Å²) in [6.07, 6.45) is 12.7. The summed E-state index contributed by atoms with van der Waals surface area (Å²) in [7, 11) is 1.58. The van der Waals surface area contributed by atoms with Gasteiger partial charge in [-0.3, -0.25) is 4.79 Å². The third kappa shape index (κ3) is 5.70. The second kappa shape index (κ2) is 10.6. The molecule has 0 bridgehead atoms. The molecule has 2 aliphatic rings. The van der Waals surface area contributed by atoms with E-state index in [0.29, 0.717) is 22.8 Å². The van der Waals surface area contributed by atoms with Crippen LogP contribution in [0.2, 0.25) is 0 Å². The number of rotatable bonds is 8. The molecule has 2 aromatic rings. The van der Waals surface area contributed by atoms with Gasteiger partial charge in [0.25, 0.3) is 0 Å². The molecule has 2 aromatic carbocycles. The number of hydrogen-bond acceptors (Lipinski definition) is 4. The number of hydrogen-bond donors (Lipinski definition) is 0. The standard InChI is InChI=1S/C31H36O4/c1-21(2)11-9-12-22(3)13-10-17-31(4)18-16-24-27(35-31)20-28(33-5)29-25(32)19-26(34-30(24)29)23-14-7-6-8-15-23/h6-8,11,13-16,18,20,26H,9-10,12,17,19H2,1-5H3/b22-13+/t26-,31?/m1/s1. The van der Waals surface area contributed by atoms with Gasteiger partial charge in [0.05, 0.1) is 19.1 Å². The van der Waals surface area contributed by atoms with Crippen LogP contribution in [-0.2, 0) is 0 Å².